The molecule has 0 aromatic carbocycles. The maximum Gasteiger partial charge on any atom is 0.347 e. The Morgan fingerprint density at radius 3 is 3.06 bits per heavy atom. The van der Waals surface area contributed by atoms with Crippen LogP contribution < -0.4 is 11.0 Å². The number of rotatable bonds is 1. The van der Waals surface area contributed by atoms with Crippen LogP contribution in [0.25, 0.3) is 11.4 Å². The Morgan fingerprint density at radius 1 is 1.31 bits per heavy atom. The lowest BCUT2D eigenvalue weighted by atomic mass is 10.1. The van der Waals surface area contributed by atoms with Crippen molar-refractivity contribution in [2.24, 2.45) is 0 Å². The van der Waals surface area contributed by atoms with E-state index in [0.29, 0.717) is 5.82 Å². The number of nitrogens with one attached hydrogen (secondary N) is 2. The Labute approximate surface area is 91.6 Å². The molecule has 0 saturated heterocycles. The molecular weight excluding hydrogens is 204 g/mol. The highest BCUT2D eigenvalue weighted by Crippen LogP contribution is 2.26. The maximum atomic E-state index is 11.4. The lowest BCUT2D eigenvalue weighted by Crippen LogP contribution is -2.13. The number of hydrogen-bond donors (Lipinski definition) is 2. The van der Waals surface area contributed by atoms with Crippen LogP contribution in [-0.4, -0.2) is 21.5 Å². The molecule has 16 heavy (non-hydrogen) atoms. The molecule has 1 aliphatic rings. The van der Waals surface area contributed by atoms with E-state index in [1.807, 2.05) is 18.2 Å². The van der Waals surface area contributed by atoms with Crippen molar-refractivity contribution < 1.29 is 0 Å². The Bertz CT molecular complexity index is 576. The molecule has 2 N–H and O–H groups in total. The van der Waals surface area contributed by atoms with Gasteiger partial charge in [-0.1, -0.05) is 6.07 Å². The third kappa shape index (κ3) is 1.37. The number of pyridine rings is 1. The Morgan fingerprint density at radius 2 is 2.25 bits per heavy atom. The molecule has 0 amide bonds. The molecule has 5 nitrogen and oxygen atoms in total. The summed E-state index contributed by atoms with van der Waals surface area (Å²) < 4.78 is 0. The average Bonchev–Trinajstić information content (AvgIpc) is 2.77. The fourth-order valence-corrected chi connectivity index (χ4v) is 1.92. The summed E-state index contributed by atoms with van der Waals surface area (Å²) in [6.07, 6.45) is 2.58. The van der Waals surface area contributed by atoms with Crippen molar-refractivity contribution in [3.05, 3.63) is 40.4 Å². The lowest BCUT2D eigenvalue weighted by Gasteiger charge is -2.05. The topological polar surface area (TPSA) is 70.7 Å². The molecule has 2 aromatic rings. The molecule has 0 radical (unpaired) electrons. The van der Waals surface area contributed by atoms with E-state index >= 15 is 0 Å². The Hall–Kier alpha value is -2.17. The second-order valence-corrected chi connectivity index (χ2v) is 3.64. The summed E-state index contributed by atoms with van der Waals surface area (Å²) >= 11 is 0. The van der Waals surface area contributed by atoms with Crippen LogP contribution in [0.4, 0.5) is 5.82 Å². The first-order valence-electron chi connectivity index (χ1n) is 5.13. The molecule has 0 aliphatic carbocycles. The molecule has 5 heteroatoms. The molecule has 0 saturated carbocycles. The zero-order chi connectivity index (χ0) is 11.0. The highest BCUT2D eigenvalue weighted by Gasteiger charge is 2.18. The van der Waals surface area contributed by atoms with Gasteiger partial charge in [0.05, 0.1) is 11.4 Å². The van der Waals surface area contributed by atoms with Crippen LogP contribution in [0.3, 0.4) is 0 Å². The zero-order valence-corrected chi connectivity index (χ0v) is 8.53. The van der Waals surface area contributed by atoms with Crippen LogP contribution in [0.15, 0.2) is 29.2 Å². The van der Waals surface area contributed by atoms with Gasteiger partial charge in [0.2, 0.25) is 0 Å². The predicted octanol–water partition coefficient (Wildman–Crippen LogP) is 0.800. The van der Waals surface area contributed by atoms with Gasteiger partial charge in [-0.05, 0) is 18.6 Å². The first-order valence-corrected chi connectivity index (χ1v) is 5.13. The van der Waals surface area contributed by atoms with Gasteiger partial charge in [-0.2, -0.15) is 4.98 Å². The van der Waals surface area contributed by atoms with Crippen molar-refractivity contribution in [3.8, 4) is 11.4 Å². The molecule has 0 atom stereocenters. The van der Waals surface area contributed by atoms with E-state index in [4.69, 9.17) is 0 Å². The molecule has 0 spiro atoms. The second kappa shape index (κ2) is 3.44. The van der Waals surface area contributed by atoms with E-state index in [9.17, 15) is 4.79 Å². The predicted molar refractivity (Wildman–Crippen MR) is 60.3 cm³/mol. The van der Waals surface area contributed by atoms with Gasteiger partial charge in [0.1, 0.15) is 5.82 Å². The third-order valence-electron chi connectivity index (χ3n) is 2.62. The number of hydrogen-bond acceptors (Lipinski definition) is 4. The van der Waals surface area contributed by atoms with Crippen LogP contribution in [-0.2, 0) is 6.42 Å². The monoisotopic (exact) mass is 214 g/mol. The van der Waals surface area contributed by atoms with E-state index in [0.717, 1.165) is 29.9 Å². The highest BCUT2D eigenvalue weighted by atomic mass is 16.1. The number of aromatic amines is 1. The summed E-state index contributed by atoms with van der Waals surface area (Å²) in [4.78, 5) is 22.3. The number of anilines is 1. The summed E-state index contributed by atoms with van der Waals surface area (Å²) in [6.45, 7) is 0.819. The van der Waals surface area contributed by atoms with Crippen molar-refractivity contribution in [2.45, 2.75) is 6.42 Å². The van der Waals surface area contributed by atoms with E-state index in [2.05, 4.69) is 20.3 Å². The summed E-state index contributed by atoms with van der Waals surface area (Å²) in [7, 11) is 0. The molecule has 0 bridgehead atoms. The molecule has 0 fully saturated rings. The van der Waals surface area contributed by atoms with E-state index in [-0.39, 0.29) is 5.69 Å². The maximum absolute atomic E-state index is 11.4. The Balaban J connectivity index is 2.25. The van der Waals surface area contributed by atoms with E-state index < -0.39 is 0 Å². The van der Waals surface area contributed by atoms with Crippen molar-refractivity contribution in [3.63, 3.8) is 0 Å². The van der Waals surface area contributed by atoms with Gasteiger partial charge in [-0.15, -0.1) is 0 Å². The van der Waals surface area contributed by atoms with E-state index in [1.165, 1.54) is 0 Å². The van der Waals surface area contributed by atoms with Crippen LogP contribution in [0.5, 0.6) is 0 Å². The van der Waals surface area contributed by atoms with Gasteiger partial charge >= 0.3 is 5.69 Å². The third-order valence-corrected chi connectivity index (χ3v) is 2.62. The summed E-state index contributed by atoms with van der Waals surface area (Å²) in [5.41, 5.74) is 2.26. The van der Waals surface area contributed by atoms with Crippen molar-refractivity contribution >= 4 is 5.82 Å². The van der Waals surface area contributed by atoms with Crippen LogP contribution in [0, 0.1) is 0 Å². The van der Waals surface area contributed by atoms with Crippen LogP contribution in [0.1, 0.15) is 5.56 Å². The van der Waals surface area contributed by atoms with Gasteiger partial charge in [-0.25, -0.2) is 4.79 Å². The summed E-state index contributed by atoms with van der Waals surface area (Å²) in [5, 5.41) is 3.09. The molecule has 80 valence electrons. The zero-order valence-electron chi connectivity index (χ0n) is 8.53. The summed E-state index contributed by atoms with van der Waals surface area (Å²) in [6, 6.07) is 5.63. The van der Waals surface area contributed by atoms with Crippen molar-refractivity contribution in [1.29, 1.82) is 0 Å². The molecule has 3 heterocycles. The standard InChI is InChI=1S/C11H10N4O/c16-11-14-9(8-3-1-2-5-12-8)7-4-6-13-10(7)15-11/h1-3,5H,4,6H2,(H2,13,14,15,16). The van der Waals surface area contributed by atoms with Crippen LogP contribution >= 0.6 is 0 Å². The first kappa shape index (κ1) is 9.08. The molecule has 2 aromatic heterocycles. The van der Waals surface area contributed by atoms with Gasteiger partial charge in [0.15, 0.2) is 0 Å². The largest absolute Gasteiger partial charge is 0.369 e. The molecule has 1 aliphatic heterocycles. The van der Waals surface area contributed by atoms with Crippen LogP contribution in [0.2, 0.25) is 0 Å². The Kier molecular flexibility index (Phi) is 1.96. The van der Waals surface area contributed by atoms with Gasteiger partial charge in [-0.3, -0.25) is 4.98 Å². The minimum absolute atomic E-state index is 0.339. The quantitative estimate of drug-likeness (QED) is 0.736. The number of nitrogens with zero attached hydrogens (tertiary/aromatic N) is 2. The van der Waals surface area contributed by atoms with Gasteiger partial charge < -0.3 is 10.3 Å². The number of fused-ring (bicyclic) bond motifs is 1. The SMILES string of the molecule is O=c1nc2c(c(-c3ccccn3)[nH]1)CCN2. The smallest absolute Gasteiger partial charge is 0.347 e. The lowest BCUT2D eigenvalue weighted by molar-refractivity contribution is 1.05. The van der Waals surface area contributed by atoms with Crippen molar-refractivity contribution in [1.82, 2.24) is 15.0 Å². The average molecular weight is 214 g/mol. The fraction of sp³-hybridized carbons (Fsp3) is 0.182. The number of H-pyrrole nitrogens is 1. The number of aromatic nitrogens is 3. The second-order valence-electron chi connectivity index (χ2n) is 3.64. The molecule has 0 unspecified atom stereocenters. The minimum atomic E-state index is -0.339. The van der Waals surface area contributed by atoms with Crippen molar-refractivity contribution in [2.75, 3.05) is 11.9 Å². The molecular formula is C11H10N4O. The van der Waals surface area contributed by atoms with E-state index in [1.54, 1.807) is 6.20 Å². The normalized spacial score (nSPS) is 13.2. The fourth-order valence-electron chi connectivity index (χ4n) is 1.92. The first-order chi connectivity index (χ1) is 7.84. The van der Waals surface area contributed by atoms with Gasteiger partial charge in [0, 0.05) is 18.3 Å². The summed E-state index contributed by atoms with van der Waals surface area (Å²) in [5.74, 6) is 0.685. The highest BCUT2D eigenvalue weighted by molar-refractivity contribution is 5.67. The minimum Gasteiger partial charge on any atom is -0.369 e. The molecule has 3 rings (SSSR count). The van der Waals surface area contributed by atoms with Gasteiger partial charge in [0.25, 0.3) is 0 Å².